The predicted octanol–water partition coefficient (Wildman–Crippen LogP) is 5.51. The van der Waals surface area contributed by atoms with Crippen molar-refractivity contribution >= 4 is 29.7 Å². The number of benzene rings is 4. The van der Waals surface area contributed by atoms with Gasteiger partial charge in [-0.15, -0.1) is 0 Å². The molecule has 0 aliphatic carbocycles. The van der Waals surface area contributed by atoms with Crippen LogP contribution in [0.15, 0.2) is 138 Å². The fourth-order valence-electron chi connectivity index (χ4n) is 5.21. The van der Waals surface area contributed by atoms with Crippen molar-refractivity contribution in [1.82, 2.24) is 9.55 Å². The summed E-state index contributed by atoms with van der Waals surface area (Å²) in [5, 5.41) is 10.6. The average molecular weight is 659 g/mol. The number of aliphatic hydroxyl groups excluding tert-OH is 1. The number of aliphatic hydroxyl groups is 1. The van der Waals surface area contributed by atoms with Crippen LogP contribution in [0.1, 0.15) is 48.6 Å². The van der Waals surface area contributed by atoms with Gasteiger partial charge in [0.1, 0.15) is 18.5 Å². The quantitative estimate of drug-likeness (QED) is 0.116. The summed E-state index contributed by atoms with van der Waals surface area (Å²) in [6.45, 7) is -0.412. The fourth-order valence-corrected chi connectivity index (χ4v) is 5.21. The van der Waals surface area contributed by atoms with Crippen molar-refractivity contribution in [2.45, 2.75) is 24.5 Å². The Hall–Kier alpha value is -6.33. The summed E-state index contributed by atoms with van der Waals surface area (Å²) in [7, 11) is 0. The maximum atomic E-state index is 13.5. The Morgan fingerprint density at radius 2 is 1.14 bits per heavy atom. The molecule has 1 aliphatic rings. The Bertz CT molecular complexity index is 2000. The number of hydrogen-bond acceptors (Lipinski definition) is 10. The van der Waals surface area contributed by atoms with Gasteiger partial charge in [-0.1, -0.05) is 84.9 Å². The molecule has 4 atom stereocenters. The molecule has 0 radical (unpaired) electrons. The molecule has 1 fully saturated rings. The molecule has 1 aliphatic heterocycles. The number of hydrogen-bond donors (Lipinski definition) is 1. The van der Waals surface area contributed by atoms with E-state index in [0.29, 0.717) is 5.56 Å². The van der Waals surface area contributed by atoms with Gasteiger partial charge in [-0.3, -0.25) is 4.57 Å². The van der Waals surface area contributed by atoms with Gasteiger partial charge < -0.3 is 24.1 Å². The first-order valence-electron chi connectivity index (χ1n) is 15.3. The van der Waals surface area contributed by atoms with E-state index in [-0.39, 0.29) is 28.1 Å². The molecule has 11 heteroatoms. The average Bonchev–Trinajstić information content (AvgIpc) is 3.47. The number of carbonyl (C=O) groups is 3. The molecule has 0 amide bonds. The van der Waals surface area contributed by atoms with Crippen molar-refractivity contribution in [1.29, 1.82) is 0 Å². The molecule has 0 unspecified atom stereocenters. The lowest BCUT2D eigenvalue weighted by atomic mass is 10.1. The number of ether oxygens (including phenoxy) is 4. The van der Waals surface area contributed by atoms with E-state index >= 15 is 0 Å². The summed E-state index contributed by atoms with van der Waals surface area (Å²) < 4.78 is 24.7. The zero-order chi connectivity index (χ0) is 34.2. The number of esters is 3. The first-order chi connectivity index (χ1) is 23.9. The molecule has 4 aromatic carbocycles. The maximum absolute atomic E-state index is 13.5. The Kier molecular flexibility index (Phi) is 10.0. The summed E-state index contributed by atoms with van der Waals surface area (Å²) >= 11 is 0. The van der Waals surface area contributed by atoms with Crippen molar-refractivity contribution in [3.05, 3.63) is 172 Å². The Morgan fingerprint density at radius 3 is 1.65 bits per heavy atom. The SMILES string of the molecule is O=C(OC[C@H]1O[C@@H](n2ccc(/C=C(\O)c3ccccc3)nc2=O)[C@H](OC(=O)c2ccccc2)[C@@H]1OC(=O)c1ccccc1)c1ccccc1. The molecule has 246 valence electrons. The highest BCUT2D eigenvalue weighted by molar-refractivity contribution is 5.91. The van der Waals surface area contributed by atoms with E-state index in [0.717, 1.165) is 4.57 Å². The van der Waals surface area contributed by atoms with Gasteiger partial charge in [-0.2, -0.15) is 4.98 Å². The summed E-state index contributed by atoms with van der Waals surface area (Å²) in [5.74, 6) is -2.29. The molecule has 6 rings (SSSR count). The van der Waals surface area contributed by atoms with Crippen LogP contribution in [0.3, 0.4) is 0 Å². The van der Waals surface area contributed by atoms with Gasteiger partial charge in [-0.25, -0.2) is 19.2 Å². The maximum Gasteiger partial charge on any atom is 0.350 e. The van der Waals surface area contributed by atoms with Crippen LogP contribution in [0.5, 0.6) is 0 Å². The van der Waals surface area contributed by atoms with E-state index in [9.17, 15) is 24.3 Å². The van der Waals surface area contributed by atoms with E-state index in [1.54, 1.807) is 121 Å². The highest BCUT2D eigenvalue weighted by Crippen LogP contribution is 2.35. The number of rotatable bonds is 10. The monoisotopic (exact) mass is 658 g/mol. The van der Waals surface area contributed by atoms with Crippen LogP contribution in [-0.2, 0) is 18.9 Å². The molecule has 1 aromatic heterocycles. The minimum Gasteiger partial charge on any atom is -0.507 e. The van der Waals surface area contributed by atoms with E-state index in [2.05, 4.69) is 4.98 Å². The van der Waals surface area contributed by atoms with Gasteiger partial charge in [0.2, 0.25) is 0 Å². The lowest BCUT2D eigenvalue weighted by Crippen LogP contribution is -2.42. The Labute approximate surface area is 280 Å². The molecule has 0 bridgehead atoms. The summed E-state index contributed by atoms with van der Waals surface area (Å²) in [4.78, 5) is 57.2. The highest BCUT2D eigenvalue weighted by atomic mass is 16.7. The molecular formula is C38H30N2O9. The molecule has 49 heavy (non-hydrogen) atoms. The zero-order valence-corrected chi connectivity index (χ0v) is 25.9. The fraction of sp³-hybridized carbons (Fsp3) is 0.132. The van der Waals surface area contributed by atoms with Crippen molar-refractivity contribution in [3.8, 4) is 0 Å². The Morgan fingerprint density at radius 1 is 0.673 bits per heavy atom. The molecule has 0 spiro atoms. The molecule has 2 heterocycles. The van der Waals surface area contributed by atoms with E-state index in [1.165, 1.54) is 18.3 Å². The van der Waals surface area contributed by atoms with Crippen molar-refractivity contribution in [2.75, 3.05) is 6.61 Å². The molecule has 0 saturated carbocycles. The second-order valence-corrected chi connectivity index (χ2v) is 10.9. The van der Waals surface area contributed by atoms with Crippen LogP contribution in [0.4, 0.5) is 0 Å². The van der Waals surface area contributed by atoms with Crippen molar-refractivity contribution in [3.63, 3.8) is 0 Å². The van der Waals surface area contributed by atoms with E-state index < -0.39 is 54.7 Å². The molecular weight excluding hydrogens is 628 g/mol. The number of nitrogens with zero attached hydrogens (tertiary/aromatic N) is 2. The lowest BCUT2D eigenvalue weighted by molar-refractivity contribution is -0.0639. The van der Waals surface area contributed by atoms with Gasteiger partial charge in [0, 0.05) is 17.8 Å². The predicted molar refractivity (Wildman–Crippen MR) is 177 cm³/mol. The zero-order valence-electron chi connectivity index (χ0n) is 25.9. The standard InChI is InChI=1S/C38H30N2O9/c41-30(25-13-5-1-6-14-25)23-29-21-22-40(38(45)39-29)34-33(49-37(44)28-19-11-4-12-20-28)32(48-36(43)27-17-9-3-10-18-27)31(47-34)24-46-35(42)26-15-7-2-8-16-26/h1-23,31-34,41H,24H2/b30-23-/t31-,32-,33-,34-/m1/s1. The van der Waals surface area contributed by atoms with Crippen LogP contribution in [-0.4, -0.2) is 57.5 Å². The highest BCUT2D eigenvalue weighted by Gasteiger charge is 2.51. The van der Waals surface area contributed by atoms with Crippen LogP contribution < -0.4 is 5.69 Å². The van der Waals surface area contributed by atoms with E-state index in [1.807, 2.05) is 0 Å². The minimum atomic E-state index is -1.39. The minimum absolute atomic E-state index is 0.106. The summed E-state index contributed by atoms with van der Waals surface area (Å²) in [6.07, 6.45) is -2.56. The summed E-state index contributed by atoms with van der Waals surface area (Å²) in [6, 6.07) is 34.8. The first kappa shape index (κ1) is 32.6. The van der Waals surface area contributed by atoms with Gasteiger partial charge >= 0.3 is 23.6 Å². The van der Waals surface area contributed by atoms with Crippen LogP contribution in [0.2, 0.25) is 0 Å². The number of aromatic nitrogens is 2. The van der Waals surface area contributed by atoms with Gasteiger partial charge in [0.15, 0.2) is 18.4 Å². The van der Waals surface area contributed by atoms with Gasteiger partial charge in [0.25, 0.3) is 0 Å². The first-order valence-corrected chi connectivity index (χ1v) is 15.3. The lowest BCUT2D eigenvalue weighted by Gasteiger charge is -2.25. The van der Waals surface area contributed by atoms with Crippen molar-refractivity contribution < 1.29 is 38.4 Å². The molecule has 1 N–H and O–H groups in total. The largest absolute Gasteiger partial charge is 0.507 e. The third-order valence-electron chi connectivity index (χ3n) is 7.66. The van der Waals surface area contributed by atoms with Crippen molar-refractivity contribution in [2.24, 2.45) is 0 Å². The third-order valence-corrected chi connectivity index (χ3v) is 7.66. The topological polar surface area (TPSA) is 143 Å². The Balaban J connectivity index is 1.35. The number of carbonyl (C=O) groups excluding carboxylic acids is 3. The van der Waals surface area contributed by atoms with Gasteiger partial charge in [0.05, 0.1) is 22.4 Å². The molecule has 11 nitrogen and oxygen atoms in total. The second kappa shape index (κ2) is 15.1. The normalized spacial score (nSPS) is 18.7. The molecule has 5 aromatic rings. The van der Waals surface area contributed by atoms with E-state index in [4.69, 9.17) is 18.9 Å². The summed E-state index contributed by atoms with van der Waals surface area (Å²) in [5.41, 5.74) is 0.568. The van der Waals surface area contributed by atoms with Gasteiger partial charge in [-0.05, 0) is 42.5 Å². The second-order valence-electron chi connectivity index (χ2n) is 10.9. The van der Waals surface area contributed by atoms with Crippen LogP contribution in [0.25, 0.3) is 11.8 Å². The molecule has 1 saturated heterocycles. The van der Waals surface area contributed by atoms with Crippen LogP contribution >= 0.6 is 0 Å². The van der Waals surface area contributed by atoms with Crippen LogP contribution in [0, 0.1) is 0 Å². The smallest absolute Gasteiger partial charge is 0.350 e. The third kappa shape index (κ3) is 7.80.